The molecule has 0 unspecified atom stereocenters. The lowest BCUT2D eigenvalue weighted by Crippen LogP contribution is -1.98. The summed E-state index contributed by atoms with van der Waals surface area (Å²) in [5, 5.41) is 13.1. The van der Waals surface area contributed by atoms with Gasteiger partial charge in [-0.25, -0.2) is 4.98 Å². The van der Waals surface area contributed by atoms with E-state index in [0.717, 1.165) is 39.0 Å². The molecule has 0 aliphatic carbocycles. The van der Waals surface area contributed by atoms with E-state index in [2.05, 4.69) is 38.8 Å². The minimum Gasteiger partial charge on any atom is -0.487 e. The van der Waals surface area contributed by atoms with Crippen LogP contribution >= 0.6 is 11.3 Å². The summed E-state index contributed by atoms with van der Waals surface area (Å²) in [6.07, 6.45) is 3.38. The number of thiophene rings is 1. The van der Waals surface area contributed by atoms with E-state index >= 15 is 0 Å². The largest absolute Gasteiger partial charge is 0.487 e. The van der Waals surface area contributed by atoms with E-state index in [1.807, 2.05) is 60.0 Å². The van der Waals surface area contributed by atoms with Crippen LogP contribution in [0.2, 0.25) is 0 Å². The Labute approximate surface area is 177 Å². The highest BCUT2D eigenvalue weighted by atomic mass is 32.1. The molecule has 5 nitrogen and oxygen atoms in total. The topological polar surface area (TPSA) is 61.0 Å². The van der Waals surface area contributed by atoms with Crippen molar-refractivity contribution in [3.05, 3.63) is 107 Å². The number of hydrogen-bond acceptors (Lipinski definition) is 6. The van der Waals surface area contributed by atoms with Crippen LogP contribution in [0.3, 0.4) is 0 Å². The second kappa shape index (κ2) is 8.31. The fraction of sp³-hybridized carbons (Fsp3) is 0.0417. The molecule has 30 heavy (non-hydrogen) atoms. The Kier molecular flexibility index (Phi) is 5.06. The molecule has 0 saturated heterocycles. The van der Waals surface area contributed by atoms with Crippen LogP contribution in [0.25, 0.3) is 22.6 Å². The predicted molar refractivity (Wildman–Crippen MR) is 118 cm³/mol. The van der Waals surface area contributed by atoms with Crippen LogP contribution in [0.4, 0.5) is 0 Å². The average Bonchev–Trinajstić information content (AvgIpc) is 3.51. The molecule has 0 N–H and O–H groups in total. The van der Waals surface area contributed by atoms with Crippen LogP contribution in [-0.2, 0) is 6.61 Å². The van der Waals surface area contributed by atoms with Gasteiger partial charge in [0.15, 0.2) is 0 Å². The van der Waals surface area contributed by atoms with E-state index in [1.54, 1.807) is 11.3 Å². The molecule has 5 aromatic rings. The van der Waals surface area contributed by atoms with Gasteiger partial charge in [-0.05, 0) is 58.3 Å². The second-order valence-electron chi connectivity index (χ2n) is 6.67. The van der Waals surface area contributed by atoms with Gasteiger partial charge >= 0.3 is 0 Å². The Morgan fingerprint density at radius 2 is 1.90 bits per heavy atom. The van der Waals surface area contributed by atoms with Gasteiger partial charge in [-0.1, -0.05) is 36.4 Å². The maximum atomic E-state index is 5.94. The SMILES string of the molecule is C(=C(c1ccc(OCc2ccc3ccccc3n2)cc1)c1nnco1)c1ccsc1. The highest BCUT2D eigenvalue weighted by Gasteiger charge is 2.11. The lowest BCUT2D eigenvalue weighted by Gasteiger charge is -2.08. The molecule has 146 valence electrons. The summed E-state index contributed by atoms with van der Waals surface area (Å²) in [5.74, 6) is 1.25. The lowest BCUT2D eigenvalue weighted by molar-refractivity contribution is 0.302. The van der Waals surface area contributed by atoms with Crippen molar-refractivity contribution in [1.82, 2.24) is 15.2 Å². The molecule has 5 rings (SSSR count). The van der Waals surface area contributed by atoms with Crippen molar-refractivity contribution in [2.24, 2.45) is 0 Å². The Balaban J connectivity index is 1.35. The second-order valence-corrected chi connectivity index (χ2v) is 7.45. The predicted octanol–water partition coefficient (Wildman–Crippen LogP) is 5.85. The third-order valence-electron chi connectivity index (χ3n) is 4.65. The Hall–Kier alpha value is -3.77. The summed E-state index contributed by atoms with van der Waals surface area (Å²) < 4.78 is 11.4. The molecule has 0 bridgehead atoms. The summed E-state index contributed by atoms with van der Waals surface area (Å²) in [7, 11) is 0. The zero-order chi connectivity index (χ0) is 20.2. The quantitative estimate of drug-likeness (QED) is 0.351. The van der Waals surface area contributed by atoms with Crippen LogP contribution in [0.1, 0.15) is 22.7 Å². The maximum Gasteiger partial charge on any atom is 0.248 e. The summed E-state index contributed by atoms with van der Waals surface area (Å²) in [4.78, 5) is 4.65. The summed E-state index contributed by atoms with van der Waals surface area (Å²) in [6, 6.07) is 22.0. The van der Waals surface area contributed by atoms with Crippen LogP contribution in [0.15, 0.2) is 88.3 Å². The number of ether oxygens (including phenoxy) is 1. The number of aromatic nitrogens is 3. The summed E-state index contributed by atoms with van der Waals surface area (Å²) in [6.45, 7) is 0.408. The van der Waals surface area contributed by atoms with Gasteiger partial charge in [-0.3, -0.25) is 0 Å². The lowest BCUT2D eigenvalue weighted by atomic mass is 10.0. The van der Waals surface area contributed by atoms with Crippen molar-refractivity contribution in [3.8, 4) is 5.75 Å². The first kappa shape index (κ1) is 18.3. The first-order chi connectivity index (χ1) is 14.8. The smallest absolute Gasteiger partial charge is 0.248 e. The maximum absolute atomic E-state index is 5.94. The van der Waals surface area contributed by atoms with Crippen molar-refractivity contribution in [2.75, 3.05) is 0 Å². The highest BCUT2D eigenvalue weighted by molar-refractivity contribution is 7.08. The van der Waals surface area contributed by atoms with Crippen LogP contribution in [-0.4, -0.2) is 15.2 Å². The van der Waals surface area contributed by atoms with Gasteiger partial charge in [0.05, 0.1) is 11.2 Å². The number of para-hydroxylation sites is 1. The number of rotatable bonds is 6. The molecule has 0 radical (unpaired) electrons. The minimum absolute atomic E-state index is 0.408. The molecule has 0 fully saturated rings. The van der Waals surface area contributed by atoms with Crippen LogP contribution in [0.5, 0.6) is 5.75 Å². The van der Waals surface area contributed by atoms with E-state index in [-0.39, 0.29) is 0 Å². The number of fused-ring (bicyclic) bond motifs is 1. The fourth-order valence-electron chi connectivity index (χ4n) is 3.16. The Morgan fingerprint density at radius 1 is 1.00 bits per heavy atom. The van der Waals surface area contributed by atoms with Gasteiger partial charge in [-0.15, -0.1) is 10.2 Å². The monoisotopic (exact) mass is 411 g/mol. The normalized spacial score (nSPS) is 11.7. The van der Waals surface area contributed by atoms with Gasteiger partial charge in [0, 0.05) is 11.0 Å². The molecule has 0 atom stereocenters. The molecule has 0 aliphatic rings. The van der Waals surface area contributed by atoms with Gasteiger partial charge in [0.25, 0.3) is 0 Å². The Bertz CT molecular complexity index is 1280. The molecule has 3 aromatic heterocycles. The van der Waals surface area contributed by atoms with Crippen molar-refractivity contribution >= 4 is 33.9 Å². The number of hydrogen-bond donors (Lipinski definition) is 0. The van der Waals surface area contributed by atoms with Gasteiger partial charge in [0.2, 0.25) is 12.3 Å². The molecule has 6 heteroatoms. The van der Waals surface area contributed by atoms with Gasteiger partial charge in [-0.2, -0.15) is 11.3 Å². The third kappa shape index (κ3) is 3.99. The molecule has 3 heterocycles. The number of pyridine rings is 1. The highest BCUT2D eigenvalue weighted by Crippen LogP contribution is 2.27. The fourth-order valence-corrected chi connectivity index (χ4v) is 3.78. The van der Waals surface area contributed by atoms with Gasteiger partial charge < -0.3 is 9.15 Å². The molecular weight excluding hydrogens is 394 g/mol. The van der Waals surface area contributed by atoms with Gasteiger partial charge in [0.1, 0.15) is 12.4 Å². The average molecular weight is 411 g/mol. The van der Waals surface area contributed by atoms with Crippen LogP contribution < -0.4 is 4.74 Å². The molecule has 0 saturated carbocycles. The summed E-state index contributed by atoms with van der Waals surface area (Å²) in [5.41, 5.74) is 4.80. The molecule has 0 spiro atoms. The summed E-state index contributed by atoms with van der Waals surface area (Å²) >= 11 is 1.64. The first-order valence-electron chi connectivity index (χ1n) is 9.43. The van der Waals surface area contributed by atoms with Crippen molar-refractivity contribution in [2.45, 2.75) is 6.61 Å². The van der Waals surface area contributed by atoms with E-state index in [0.29, 0.717) is 12.5 Å². The number of nitrogens with zero attached hydrogens (tertiary/aromatic N) is 3. The zero-order valence-corrected chi connectivity index (χ0v) is 16.8. The third-order valence-corrected chi connectivity index (χ3v) is 5.35. The van der Waals surface area contributed by atoms with Crippen molar-refractivity contribution in [1.29, 1.82) is 0 Å². The van der Waals surface area contributed by atoms with Crippen molar-refractivity contribution < 1.29 is 9.15 Å². The van der Waals surface area contributed by atoms with Crippen LogP contribution in [0, 0.1) is 0 Å². The first-order valence-corrected chi connectivity index (χ1v) is 10.4. The molecule has 2 aromatic carbocycles. The van der Waals surface area contributed by atoms with E-state index in [9.17, 15) is 0 Å². The minimum atomic E-state index is 0.408. The van der Waals surface area contributed by atoms with Crippen molar-refractivity contribution in [3.63, 3.8) is 0 Å². The van der Waals surface area contributed by atoms with E-state index < -0.39 is 0 Å². The zero-order valence-electron chi connectivity index (χ0n) is 15.9. The molecule has 0 amide bonds. The standard InChI is InChI=1S/C24H17N3O2S/c1-2-4-23-19(3-1)5-8-20(26-23)14-28-21-9-6-18(7-10-21)22(24-27-25-16-29-24)13-17-11-12-30-15-17/h1-13,15-16H,14H2. The molecular formula is C24H17N3O2S. The van der Waals surface area contributed by atoms with E-state index in [1.165, 1.54) is 6.39 Å². The number of benzene rings is 2. The van der Waals surface area contributed by atoms with E-state index in [4.69, 9.17) is 9.15 Å². The molecule has 0 aliphatic heterocycles. The Morgan fingerprint density at radius 3 is 2.70 bits per heavy atom.